The standard InChI is InChI=1S/C24H23N3O6S/c1-16(26-17(2)28)18-9-12-22(13-10-18)34(31,32)27-23(29)20-8-11-21(25-14-20)15-33-24(30)19-6-4-3-5-7-19/h3-14,16H,15H2,1-2H3,(H,26,28)(H,27,29). The Morgan fingerprint density at radius 1 is 0.941 bits per heavy atom. The van der Waals surface area contributed by atoms with Crippen molar-refractivity contribution in [3.05, 3.63) is 95.3 Å². The molecule has 0 aliphatic heterocycles. The molecule has 0 saturated carbocycles. The van der Waals surface area contributed by atoms with E-state index >= 15 is 0 Å². The Morgan fingerprint density at radius 3 is 2.21 bits per heavy atom. The SMILES string of the molecule is CC(=O)NC(C)c1ccc(S(=O)(=O)NC(=O)c2ccc(COC(=O)c3ccccc3)nc2)cc1. The lowest BCUT2D eigenvalue weighted by molar-refractivity contribution is -0.119. The summed E-state index contributed by atoms with van der Waals surface area (Å²) in [5, 5.41) is 2.71. The van der Waals surface area contributed by atoms with E-state index in [1.807, 2.05) is 4.72 Å². The highest BCUT2D eigenvalue weighted by Crippen LogP contribution is 2.17. The number of benzene rings is 2. The molecule has 176 valence electrons. The van der Waals surface area contributed by atoms with E-state index in [4.69, 9.17) is 4.74 Å². The Bertz CT molecular complexity index is 1270. The molecule has 0 spiro atoms. The second-order valence-corrected chi connectivity index (χ2v) is 9.09. The number of nitrogens with one attached hydrogen (secondary N) is 2. The molecule has 0 aliphatic carbocycles. The molecular weight excluding hydrogens is 458 g/mol. The van der Waals surface area contributed by atoms with Crippen LogP contribution in [0.5, 0.6) is 0 Å². The third-order valence-corrected chi connectivity index (χ3v) is 6.13. The molecule has 2 aromatic carbocycles. The zero-order valence-electron chi connectivity index (χ0n) is 18.5. The molecule has 10 heteroatoms. The van der Waals surface area contributed by atoms with Crippen molar-refractivity contribution >= 4 is 27.8 Å². The molecule has 34 heavy (non-hydrogen) atoms. The van der Waals surface area contributed by atoms with Crippen LogP contribution < -0.4 is 10.0 Å². The molecule has 0 bridgehead atoms. The minimum absolute atomic E-state index is 0.0256. The number of amides is 2. The van der Waals surface area contributed by atoms with Crippen LogP contribution in [0.15, 0.2) is 77.8 Å². The van der Waals surface area contributed by atoms with Crippen molar-refractivity contribution in [2.75, 3.05) is 0 Å². The average Bonchev–Trinajstić information content (AvgIpc) is 2.82. The number of aromatic nitrogens is 1. The topological polar surface area (TPSA) is 132 Å². The van der Waals surface area contributed by atoms with Crippen LogP contribution in [-0.2, 0) is 26.2 Å². The first-order chi connectivity index (χ1) is 16.2. The first-order valence-corrected chi connectivity index (χ1v) is 11.8. The van der Waals surface area contributed by atoms with Gasteiger partial charge in [0.1, 0.15) is 6.61 Å². The van der Waals surface area contributed by atoms with Gasteiger partial charge in [0.15, 0.2) is 0 Å². The van der Waals surface area contributed by atoms with E-state index in [1.54, 1.807) is 49.4 Å². The number of rotatable bonds is 8. The summed E-state index contributed by atoms with van der Waals surface area (Å²) in [6.07, 6.45) is 1.20. The van der Waals surface area contributed by atoms with Crippen LogP contribution in [0.1, 0.15) is 51.9 Å². The van der Waals surface area contributed by atoms with Crippen molar-refractivity contribution < 1.29 is 27.5 Å². The van der Waals surface area contributed by atoms with E-state index in [2.05, 4.69) is 10.3 Å². The Balaban J connectivity index is 1.60. The van der Waals surface area contributed by atoms with Gasteiger partial charge in [-0.25, -0.2) is 17.9 Å². The largest absolute Gasteiger partial charge is 0.456 e. The van der Waals surface area contributed by atoms with Crippen molar-refractivity contribution in [1.29, 1.82) is 0 Å². The fourth-order valence-corrected chi connectivity index (χ4v) is 3.98. The molecule has 3 rings (SSSR count). The summed E-state index contributed by atoms with van der Waals surface area (Å²) in [7, 11) is -4.12. The molecule has 0 fully saturated rings. The Hall–Kier alpha value is -4.05. The summed E-state index contributed by atoms with van der Waals surface area (Å²) in [6, 6.07) is 16.9. The van der Waals surface area contributed by atoms with Gasteiger partial charge in [0.05, 0.1) is 27.8 Å². The van der Waals surface area contributed by atoms with E-state index in [-0.39, 0.29) is 29.0 Å². The zero-order chi connectivity index (χ0) is 24.7. The van der Waals surface area contributed by atoms with Crippen LogP contribution in [0.4, 0.5) is 0 Å². The van der Waals surface area contributed by atoms with Gasteiger partial charge in [-0.2, -0.15) is 0 Å². The van der Waals surface area contributed by atoms with Crippen molar-refractivity contribution in [2.45, 2.75) is 31.4 Å². The molecule has 9 nitrogen and oxygen atoms in total. The normalized spacial score (nSPS) is 11.8. The summed E-state index contributed by atoms with van der Waals surface area (Å²) in [6.45, 7) is 3.06. The Labute approximate surface area is 197 Å². The van der Waals surface area contributed by atoms with E-state index < -0.39 is 21.9 Å². The van der Waals surface area contributed by atoms with Gasteiger partial charge in [-0.3, -0.25) is 14.6 Å². The molecule has 1 heterocycles. The average molecular weight is 482 g/mol. The second kappa shape index (κ2) is 10.7. The Morgan fingerprint density at radius 2 is 1.62 bits per heavy atom. The van der Waals surface area contributed by atoms with Crippen LogP contribution in [0, 0.1) is 0 Å². The van der Waals surface area contributed by atoms with E-state index in [0.29, 0.717) is 16.8 Å². The lowest BCUT2D eigenvalue weighted by Crippen LogP contribution is -2.30. The van der Waals surface area contributed by atoms with Gasteiger partial charge < -0.3 is 10.1 Å². The molecule has 2 amide bonds. The number of carbonyl (C=O) groups is 3. The van der Waals surface area contributed by atoms with Crippen molar-refractivity contribution in [1.82, 2.24) is 15.0 Å². The summed E-state index contributed by atoms with van der Waals surface area (Å²) in [4.78, 5) is 39.5. The maximum Gasteiger partial charge on any atom is 0.338 e. The van der Waals surface area contributed by atoms with E-state index in [9.17, 15) is 22.8 Å². The first kappa shape index (κ1) is 24.6. The molecule has 1 atom stereocenters. The summed E-state index contributed by atoms with van der Waals surface area (Å²) in [5.74, 6) is -1.56. The molecule has 2 N–H and O–H groups in total. The van der Waals surface area contributed by atoms with Gasteiger partial charge in [0.25, 0.3) is 15.9 Å². The van der Waals surface area contributed by atoms with Crippen molar-refractivity contribution in [3.8, 4) is 0 Å². The first-order valence-electron chi connectivity index (χ1n) is 10.3. The monoisotopic (exact) mass is 481 g/mol. The van der Waals surface area contributed by atoms with Gasteiger partial charge in [-0.15, -0.1) is 0 Å². The lowest BCUT2D eigenvalue weighted by atomic mass is 10.1. The van der Waals surface area contributed by atoms with Gasteiger partial charge >= 0.3 is 5.97 Å². The molecule has 0 radical (unpaired) electrons. The molecule has 3 aromatic rings. The number of hydrogen-bond acceptors (Lipinski definition) is 7. The fraction of sp³-hybridized carbons (Fsp3) is 0.167. The molecule has 1 aromatic heterocycles. The third-order valence-electron chi connectivity index (χ3n) is 4.78. The van der Waals surface area contributed by atoms with Gasteiger partial charge in [-0.05, 0) is 48.9 Å². The zero-order valence-corrected chi connectivity index (χ0v) is 19.3. The highest BCUT2D eigenvalue weighted by molar-refractivity contribution is 7.90. The fourth-order valence-electron chi connectivity index (χ4n) is 3.01. The number of pyridine rings is 1. The summed E-state index contributed by atoms with van der Waals surface area (Å²) in [5.41, 5.74) is 1.54. The molecule has 1 unspecified atom stereocenters. The third kappa shape index (κ3) is 6.48. The quantitative estimate of drug-likeness (QED) is 0.473. The lowest BCUT2D eigenvalue weighted by Gasteiger charge is -2.13. The predicted molar refractivity (Wildman–Crippen MR) is 123 cm³/mol. The maximum absolute atomic E-state index is 12.6. The van der Waals surface area contributed by atoms with Crippen molar-refractivity contribution in [3.63, 3.8) is 0 Å². The minimum atomic E-state index is -4.12. The van der Waals surface area contributed by atoms with Gasteiger partial charge in [0, 0.05) is 13.1 Å². The number of nitrogens with zero attached hydrogens (tertiary/aromatic N) is 1. The maximum atomic E-state index is 12.6. The van der Waals surface area contributed by atoms with Crippen LogP contribution in [0.3, 0.4) is 0 Å². The van der Waals surface area contributed by atoms with Crippen LogP contribution in [-0.4, -0.2) is 31.2 Å². The molecular formula is C24H23N3O6S. The highest BCUT2D eigenvalue weighted by atomic mass is 32.2. The predicted octanol–water partition coefficient (Wildman–Crippen LogP) is 2.75. The number of carbonyl (C=O) groups excluding carboxylic acids is 3. The van der Waals surface area contributed by atoms with E-state index in [1.165, 1.54) is 37.4 Å². The van der Waals surface area contributed by atoms with Crippen LogP contribution in [0.25, 0.3) is 0 Å². The van der Waals surface area contributed by atoms with E-state index in [0.717, 1.165) is 0 Å². The minimum Gasteiger partial charge on any atom is -0.456 e. The summed E-state index contributed by atoms with van der Waals surface area (Å²) >= 11 is 0. The van der Waals surface area contributed by atoms with Gasteiger partial charge in [0.2, 0.25) is 5.91 Å². The Kier molecular flexibility index (Phi) is 7.75. The second-order valence-electron chi connectivity index (χ2n) is 7.41. The van der Waals surface area contributed by atoms with Gasteiger partial charge in [-0.1, -0.05) is 30.3 Å². The van der Waals surface area contributed by atoms with Crippen LogP contribution >= 0.6 is 0 Å². The highest BCUT2D eigenvalue weighted by Gasteiger charge is 2.20. The smallest absolute Gasteiger partial charge is 0.338 e. The number of esters is 1. The number of sulfonamides is 1. The number of ether oxygens (including phenoxy) is 1. The van der Waals surface area contributed by atoms with Crippen molar-refractivity contribution in [2.24, 2.45) is 0 Å². The molecule has 0 saturated heterocycles. The molecule has 0 aliphatic rings. The number of hydrogen-bond donors (Lipinski definition) is 2. The van der Waals surface area contributed by atoms with Crippen LogP contribution in [0.2, 0.25) is 0 Å². The summed E-state index contributed by atoms with van der Waals surface area (Å²) < 4.78 is 32.3.